The lowest BCUT2D eigenvalue weighted by Crippen LogP contribution is -2.51. The van der Waals surface area contributed by atoms with Crippen molar-refractivity contribution in [2.24, 2.45) is 0 Å². The summed E-state index contributed by atoms with van der Waals surface area (Å²) in [5, 5.41) is 2.90. The summed E-state index contributed by atoms with van der Waals surface area (Å²) in [7, 11) is 0. The van der Waals surface area contributed by atoms with E-state index in [1.54, 1.807) is 40.9 Å². The van der Waals surface area contributed by atoms with Crippen molar-refractivity contribution in [3.63, 3.8) is 0 Å². The van der Waals surface area contributed by atoms with Crippen molar-refractivity contribution in [1.29, 1.82) is 0 Å². The SMILES string of the molecule is O=C(CN1C(=O)c2ccccc2N2C(=O)c3ccccc3[C@@H]12)NCCSc1ccccc1. The summed E-state index contributed by atoms with van der Waals surface area (Å²) in [6, 6.07) is 24.3. The molecule has 0 unspecified atom stereocenters. The zero-order chi connectivity index (χ0) is 22.1. The maximum Gasteiger partial charge on any atom is 0.260 e. The Hall–Kier alpha value is -3.58. The summed E-state index contributed by atoms with van der Waals surface area (Å²) in [6.45, 7) is 0.368. The Labute approximate surface area is 190 Å². The van der Waals surface area contributed by atoms with E-state index in [-0.39, 0.29) is 24.3 Å². The van der Waals surface area contributed by atoms with Crippen LogP contribution in [0.5, 0.6) is 0 Å². The van der Waals surface area contributed by atoms with Crippen LogP contribution in [0.1, 0.15) is 32.4 Å². The Bertz CT molecular complexity index is 1200. The zero-order valence-corrected chi connectivity index (χ0v) is 18.0. The smallest absolute Gasteiger partial charge is 0.260 e. The number of carbonyl (C=O) groups is 3. The lowest BCUT2D eigenvalue weighted by Gasteiger charge is -2.40. The van der Waals surface area contributed by atoms with Gasteiger partial charge in [0.1, 0.15) is 12.7 Å². The second kappa shape index (κ2) is 8.51. The van der Waals surface area contributed by atoms with Gasteiger partial charge in [0.25, 0.3) is 11.8 Å². The van der Waals surface area contributed by atoms with Crippen molar-refractivity contribution in [3.8, 4) is 0 Å². The van der Waals surface area contributed by atoms with Gasteiger partial charge in [-0.25, -0.2) is 0 Å². The van der Waals surface area contributed by atoms with Crippen LogP contribution in [0, 0.1) is 0 Å². The predicted molar refractivity (Wildman–Crippen MR) is 124 cm³/mol. The number of benzene rings is 3. The molecule has 6 nitrogen and oxygen atoms in total. The molecule has 0 fully saturated rings. The van der Waals surface area contributed by atoms with Gasteiger partial charge in [-0.1, -0.05) is 48.5 Å². The topological polar surface area (TPSA) is 69.7 Å². The summed E-state index contributed by atoms with van der Waals surface area (Å²) in [5.74, 6) is 0.0715. The number of hydrogen-bond donors (Lipinski definition) is 1. The second-order valence-electron chi connectivity index (χ2n) is 7.60. The van der Waals surface area contributed by atoms with Crippen LogP contribution in [0.15, 0.2) is 83.8 Å². The van der Waals surface area contributed by atoms with E-state index in [9.17, 15) is 14.4 Å². The molecule has 0 radical (unpaired) electrons. The molecule has 3 aromatic carbocycles. The monoisotopic (exact) mass is 443 g/mol. The van der Waals surface area contributed by atoms with Gasteiger partial charge in [-0.3, -0.25) is 19.3 Å². The molecular formula is C25H21N3O3S. The van der Waals surface area contributed by atoms with Crippen LogP contribution in [-0.2, 0) is 4.79 Å². The maximum absolute atomic E-state index is 13.3. The molecule has 1 N–H and O–H groups in total. The maximum atomic E-state index is 13.3. The molecule has 0 saturated heterocycles. The third-order valence-electron chi connectivity index (χ3n) is 5.63. The molecule has 0 saturated carbocycles. The molecule has 2 aliphatic heterocycles. The number of carbonyl (C=O) groups excluding carboxylic acids is 3. The number of rotatable bonds is 6. The van der Waals surface area contributed by atoms with E-state index in [0.717, 1.165) is 16.2 Å². The Balaban J connectivity index is 1.34. The van der Waals surface area contributed by atoms with Crippen LogP contribution in [0.4, 0.5) is 5.69 Å². The van der Waals surface area contributed by atoms with E-state index in [1.807, 2.05) is 54.6 Å². The highest BCUT2D eigenvalue weighted by Crippen LogP contribution is 2.44. The fourth-order valence-corrected chi connectivity index (χ4v) is 5.01. The van der Waals surface area contributed by atoms with Crippen LogP contribution in [0.25, 0.3) is 0 Å². The predicted octanol–water partition coefficient (Wildman–Crippen LogP) is 3.71. The minimum Gasteiger partial charge on any atom is -0.354 e. The molecule has 0 spiro atoms. The van der Waals surface area contributed by atoms with Crippen molar-refractivity contribution in [1.82, 2.24) is 10.2 Å². The molecular weight excluding hydrogens is 422 g/mol. The Morgan fingerprint density at radius 3 is 2.34 bits per heavy atom. The van der Waals surface area contributed by atoms with Gasteiger partial charge in [-0.15, -0.1) is 11.8 Å². The van der Waals surface area contributed by atoms with Crippen molar-refractivity contribution < 1.29 is 14.4 Å². The summed E-state index contributed by atoms with van der Waals surface area (Å²) in [6.07, 6.45) is -0.620. The molecule has 7 heteroatoms. The minimum absolute atomic E-state index is 0.119. The molecule has 5 rings (SSSR count). The Kier molecular flexibility index (Phi) is 5.41. The standard InChI is InChI=1S/C25H21N3O3S/c29-22(26-14-15-32-17-8-2-1-3-9-17)16-27-23-18-10-4-5-11-19(18)25(31)28(23)21-13-7-6-12-20(21)24(27)30/h1-13,23H,14-16H2,(H,26,29)/t23-/m0/s1. The molecule has 1 atom stereocenters. The van der Waals surface area contributed by atoms with Gasteiger partial charge in [0.05, 0.1) is 11.3 Å². The third kappa shape index (κ3) is 3.54. The molecule has 2 heterocycles. The van der Waals surface area contributed by atoms with Gasteiger partial charge in [0, 0.05) is 28.3 Å². The lowest BCUT2D eigenvalue weighted by atomic mass is 10.0. The van der Waals surface area contributed by atoms with Crippen LogP contribution in [0.3, 0.4) is 0 Å². The van der Waals surface area contributed by atoms with Crippen molar-refractivity contribution >= 4 is 35.2 Å². The average molecular weight is 444 g/mol. The number of nitrogens with zero attached hydrogens (tertiary/aromatic N) is 2. The quantitative estimate of drug-likeness (QED) is 0.466. The minimum atomic E-state index is -0.620. The van der Waals surface area contributed by atoms with Gasteiger partial charge < -0.3 is 10.2 Å². The van der Waals surface area contributed by atoms with Gasteiger partial charge in [-0.05, 0) is 30.3 Å². The van der Waals surface area contributed by atoms with E-state index in [1.165, 1.54) is 4.90 Å². The van der Waals surface area contributed by atoms with Crippen molar-refractivity contribution in [3.05, 3.63) is 95.6 Å². The zero-order valence-electron chi connectivity index (χ0n) is 17.2. The first kappa shape index (κ1) is 20.3. The summed E-state index contributed by atoms with van der Waals surface area (Å²) >= 11 is 1.66. The molecule has 0 aromatic heterocycles. The van der Waals surface area contributed by atoms with Crippen LogP contribution < -0.4 is 10.2 Å². The number of thioether (sulfide) groups is 1. The highest BCUT2D eigenvalue weighted by atomic mass is 32.2. The fraction of sp³-hybridized carbons (Fsp3) is 0.160. The normalized spacial score (nSPS) is 16.4. The van der Waals surface area contributed by atoms with Crippen LogP contribution >= 0.6 is 11.8 Å². The Morgan fingerprint density at radius 2 is 1.53 bits per heavy atom. The van der Waals surface area contributed by atoms with Crippen LogP contribution in [0.2, 0.25) is 0 Å². The van der Waals surface area contributed by atoms with E-state index in [0.29, 0.717) is 23.4 Å². The molecule has 3 amide bonds. The first-order valence-corrected chi connectivity index (χ1v) is 11.4. The highest BCUT2D eigenvalue weighted by molar-refractivity contribution is 7.99. The number of nitrogens with one attached hydrogen (secondary N) is 1. The van der Waals surface area contributed by atoms with E-state index < -0.39 is 6.17 Å². The number of para-hydroxylation sites is 1. The van der Waals surface area contributed by atoms with Crippen molar-refractivity contribution in [2.45, 2.75) is 11.1 Å². The molecule has 3 aromatic rings. The lowest BCUT2D eigenvalue weighted by molar-refractivity contribution is -0.122. The molecule has 0 bridgehead atoms. The summed E-state index contributed by atoms with van der Waals surface area (Å²) in [4.78, 5) is 43.5. The number of hydrogen-bond acceptors (Lipinski definition) is 4. The van der Waals surface area contributed by atoms with Gasteiger partial charge in [0.2, 0.25) is 5.91 Å². The van der Waals surface area contributed by atoms with Gasteiger partial charge in [-0.2, -0.15) is 0 Å². The molecule has 32 heavy (non-hydrogen) atoms. The molecule has 2 aliphatic rings. The average Bonchev–Trinajstić information content (AvgIpc) is 3.13. The Morgan fingerprint density at radius 1 is 0.844 bits per heavy atom. The summed E-state index contributed by atoms with van der Waals surface area (Å²) < 4.78 is 0. The first-order chi connectivity index (χ1) is 15.6. The third-order valence-corrected chi connectivity index (χ3v) is 6.65. The first-order valence-electron chi connectivity index (χ1n) is 10.4. The van der Waals surface area contributed by atoms with Gasteiger partial charge >= 0.3 is 0 Å². The molecule has 0 aliphatic carbocycles. The van der Waals surface area contributed by atoms with E-state index in [2.05, 4.69) is 5.32 Å². The largest absolute Gasteiger partial charge is 0.354 e. The second-order valence-corrected chi connectivity index (χ2v) is 8.77. The number of fused-ring (bicyclic) bond motifs is 5. The number of anilines is 1. The summed E-state index contributed by atoms with van der Waals surface area (Å²) in [5.41, 5.74) is 2.32. The highest BCUT2D eigenvalue weighted by Gasteiger charge is 2.47. The van der Waals surface area contributed by atoms with Gasteiger partial charge in [0.15, 0.2) is 0 Å². The fourth-order valence-electron chi connectivity index (χ4n) is 4.22. The number of amides is 3. The molecule has 160 valence electrons. The van der Waals surface area contributed by atoms with Crippen LogP contribution in [-0.4, -0.2) is 41.5 Å². The van der Waals surface area contributed by atoms with E-state index in [4.69, 9.17) is 0 Å². The van der Waals surface area contributed by atoms with E-state index >= 15 is 0 Å². The van der Waals surface area contributed by atoms with Crippen molar-refractivity contribution in [2.75, 3.05) is 23.7 Å².